The highest BCUT2D eigenvalue weighted by Gasteiger charge is 1.95. The van der Waals surface area contributed by atoms with Gasteiger partial charge in [0.15, 0.2) is 0 Å². The van der Waals surface area contributed by atoms with Gasteiger partial charge in [-0.15, -0.1) is 0 Å². The summed E-state index contributed by atoms with van der Waals surface area (Å²) in [5, 5.41) is 3.04. The molecule has 1 rings (SSSR count). The Morgan fingerprint density at radius 2 is 2.17 bits per heavy atom. The van der Waals surface area contributed by atoms with Crippen LogP contribution in [0, 0.1) is 13.8 Å². The molecule has 1 N–H and O–H groups in total. The van der Waals surface area contributed by atoms with Gasteiger partial charge < -0.3 is 5.32 Å². The Hall–Kier alpha value is -1.38. The fourth-order valence-corrected chi connectivity index (χ4v) is 0.973. The zero-order valence-electron chi connectivity index (χ0n) is 7.63. The highest BCUT2D eigenvalue weighted by molar-refractivity contribution is 5.76. The second-order valence-electron chi connectivity index (χ2n) is 2.62. The lowest BCUT2D eigenvalue weighted by atomic mass is 10.3. The van der Waals surface area contributed by atoms with E-state index >= 15 is 0 Å². The molecule has 0 saturated carbocycles. The third-order valence-corrected chi connectivity index (χ3v) is 1.57. The molecule has 0 aliphatic heterocycles. The summed E-state index contributed by atoms with van der Waals surface area (Å²) < 4.78 is 0. The maximum absolute atomic E-state index is 4.30. The number of nitrogens with one attached hydrogen (secondary N) is 1. The third-order valence-electron chi connectivity index (χ3n) is 1.57. The first-order valence-corrected chi connectivity index (χ1v) is 3.85. The average Bonchev–Trinajstić information content (AvgIpc) is 2.03. The topological polar surface area (TPSA) is 37.3 Å². The molecule has 3 heteroatoms. The van der Waals surface area contributed by atoms with Gasteiger partial charge in [0.1, 0.15) is 0 Å². The molecule has 1 aromatic rings. The minimum atomic E-state index is 0.995. The summed E-state index contributed by atoms with van der Waals surface area (Å²) in [5.41, 5.74) is 3.03. The van der Waals surface area contributed by atoms with E-state index in [4.69, 9.17) is 0 Å². The van der Waals surface area contributed by atoms with E-state index in [1.165, 1.54) is 0 Å². The van der Waals surface area contributed by atoms with Crippen LogP contribution in [0.3, 0.4) is 0 Å². The summed E-state index contributed by atoms with van der Waals surface area (Å²) >= 11 is 0. The van der Waals surface area contributed by atoms with Gasteiger partial charge in [0.2, 0.25) is 0 Å². The SMILES string of the molecule is CN=CNc1ccc(C)nc1C. The van der Waals surface area contributed by atoms with Crippen LogP contribution >= 0.6 is 0 Å². The Labute approximate surface area is 72.6 Å². The lowest BCUT2D eigenvalue weighted by Gasteiger charge is -2.03. The molecule has 0 aliphatic carbocycles. The quantitative estimate of drug-likeness (QED) is 0.533. The molecule has 64 valence electrons. The Morgan fingerprint density at radius 3 is 2.75 bits per heavy atom. The molecule has 0 unspecified atom stereocenters. The Balaban J connectivity index is 2.86. The van der Waals surface area contributed by atoms with E-state index in [1.54, 1.807) is 13.4 Å². The van der Waals surface area contributed by atoms with Crippen molar-refractivity contribution in [3.63, 3.8) is 0 Å². The second kappa shape index (κ2) is 3.85. The number of aryl methyl sites for hydroxylation is 2. The molecule has 1 aromatic heterocycles. The number of pyridine rings is 1. The van der Waals surface area contributed by atoms with Gasteiger partial charge in [-0.3, -0.25) is 9.98 Å². The molecule has 3 nitrogen and oxygen atoms in total. The molecule has 0 aliphatic rings. The molecule has 0 radical (unpaired) electrons. The lowest BCUT2D eigenvalue weighted by molar-refractivity contribution is 1.13. The smallest absolute Gasteiger partial charge is 0.0864 e. The Bertz CT molecular complexity index is 292. The van der Waals surface area contributed by atoms with Crippen molar-refractivity contribution in [1.82, 2.24) is 4.98 Å². The molecule has 1 heterocycles. The highest BCUT2D eigenvalue weighted by atomic mass is 14.9. The molecule has 12 heavy (non-hydrogen) atoms. The van der Waals surface area contributed by atoms with E-state index < -0.39 is 0 Å². The Morgan fingerprint density at radius 1 is 1.42 bits per heavy atom. The predicted molar refractivity (Wildman–Crippen MR) is 51.7 cm³/mol. The summed E-state index contributed by atoms with van der Waals surface area (Å²) in [6.45, 7) is 3.95. The zero-order valence-corrected chi connectivity index (χ0v) is 7.63. The molecule has 0 amide bonds. The van der Waals surface area contributed by atoms with E-state index in [0.717, 1.165) is 17.1 Å². The molecule has 0 saturated heterocycles. The van der Waals surface area contributed by atoms with E-state index in [0.29, 0.717) is 0 Å². The minimum Gasteiger partial charge on any atom is -0.345 e. The summed E-state index contributed by atoms with van der Waals surface area (Å²) in [5.74, 6) is 0. The van der Waals surface area contributed by atoms with Crippen molar-refractivity contribution in [3.8, 4) is 0 Å². The van der Waals surface area contributed by atoms with Crippen LogP contribution in [-0.2, 0) is 0 Å². The Kier molecular flexibility index (Phi) is 2.80. The van der Waals surface area contributed by atoms with Gasteiger partial charge in [-0.1, -0.05) is 0 Å². The average molecular weight is 163 g/mol. The van der Waals surface area contributed by atoms with Gasteiger partial charge in [0, 0.05) is 12.7 Å². The van der Waals surface area contributed by atoms with Gasteiger partial charge >= 0.3 is 0 Å². The number of rotatable bonds is 2. The van der Waals surface area contributed by atoms with Crippen LogP contribution in [-0.4, -0.2) is 18.4 Å². The van der Waals surface area contributed by atoms with E-state index in [-0.39, 0.29) is 0 Å². The molecule has 0 bridgehead atoms. The fourth-order valence-electron chi connectivity index (χ4n) is 0.973. The molecule has 0 aromatic carbocycles. The normalized spacial score (nSPS) is 10.6. The number of anilines is 1. The largest absolute Gasteiger partial charge is 0.345 e. The molecular weight excluding hydrogens is 150 g/mol. The van der Waals surface area contributed by atoms with Gasteiger partial charge in [0.25, 0.3) is 0 Å². The van der Waals surface area contributed by atoms with E-state index in [9.17, 15) is 0 Å². The molecule has 0 atom stereocenters. The van der Waals surface area contributed by atoms with Gasteiger partial charge in [-0.25, -0.2) is 0 Å². The monoisotopic (exact) mass is 163 g/mol. The standard InChI is InChI=1S/C9H13N3/c1-7-4-5-9(8(2)12-7)11-6-10-3/h4-6H,1-3H3,(H,10,11). The van der Waals surface area contributed by atoms with Crippen molar-refractivity contribution in [2.24, 2.45) is 4.99 Å². The van der Waals surface area contributed by atoms with Gasteiger partial charge in [-0.05, 0) is 26.0 Å². The van der Waals surface area contributed by atoms with Crippen LogP contribution in [0.2, 0.25) is 0 Å². The van der Waals surface area contributed by atoms with Crippen LogP contribution in [0.15, 0.2) is 17.1 Å². The summed E-state index contributed by atoms with van der Waals surface area (Å²) in [6.07, 6.45) is 1.65. The van der Waals surface area contributed by atoms with E-state index in [1.807, 2.05) is 26.0 Å². The molecule has 0 spiro atoms. The van der Waals surface area contributed by atoms with Crippen molar-refractivity contribution < 1.29 is 0 Å². The van der Waals surface area contributed by atoms with Crippen molar-refractivity contribution >= 4 is 12.0 Å². The summed E-state index contributed by atoms with van der Waals surface area (Å²) in [7, 11) is 1.73. The molecular formula is C9H13N3. The van der Waals surface area contributed by atoms with E-state index in [2.05, 4.69) is 15.3 Å². The number of hydrogen-bond acceptors (Lipinski definition) is 2. The van der Waals surface area contributed by atoms with Gasteiger partial charge in [0.05, 0.1) is 17.7 Å². The van der Waals surface area contributed by atoms with Crippen molar-refractivity contribution in [3.05, 3.63) is 23.5 Å². The lowest BCUT2D eigenvalue weighted by Crippen LogP contribution is -1.99. The predicted octanol–water partition coefficient (Wildman–Crippen LogP) is 1.77. The van der Waals surface area contributed by atoms with Crippen LogP contribution < -0.4 is 5.32 Å². The van der Waals surface area contributed by atoms with Crippen LogP contribution in [0.1, 0.15) is 11.4 Å². The first-order valence-electron chi connectivity index (χ1n) is 3.85. The first kappa shape index (κ1) is 8.71. The number of nitrogens with zero attached hydrogens (tertiary/aromatic N) is 2. The number of hydrogen-bond donors (Lipinski definition) is 1. The number of aliphatic imine (C=N–C) groups is 1. The zero-order chi connectivity index (χ0) is 8.97. The maximum Gasteiger partial charge on any atom is 0.0864 e. The van der Waals surface area contributed by atoms with Crippen molar-refractivity contribution in [1.29, 1.82) is 0 Å². The summed E-state index contributed by atoms with van der Waals surface area (Å²) in [4.78, 5) is 8.13. The highest BCUT2D eigenvalue weighted by Crippen LogP contribution is 2.10. The first-order chi connectivity index (χ1) is 5.74. The second-order valence-corrected chi connectivity index (χ2v) is 2.62. The van der Waals surface area contributed by atoms with Crippen LogP contribution in [0.25, 0.3) is 0 Å². The fraction of sp³-hybridized carbons (Fsp3) is 0.333. The minimum absolute atomic E-state index is 0.995. The van der Waals surface area contributed by atoms with Crippen molar-refractivity contribution in [2.75, 3.05) is 12.4 Å². The third kappa shape index (κ3) is 2.05. The van der Waals surface area contributed by atoms with Crippen molar-refractivity contribution in [2.45, 2.75) is 13.8 Å². The van der Waals surface area contributed by atoms with Gasteiger partial charge in [-0.2, -0.15) is 0 Å². The summed E-state index contributed by atoms with van der Waals surface area (Å²) in [6, 6.07) is 3.97. The number of aromatic nitrogens is 1. The maximum atomic E-state index is 4.30. The van der Waals surface area contributed by atoms with Crippen LogP contribution in [0.4, 0.5) is 5.69 Å². The molecule has 0 fully saturated rings. The van der Waals surface area contributed by atoms with Crippen LogP contribution in [0.5, 0.6) is 0 Å².